The Balaban J connectivity index is 1.61. The number of hydrogen-bond donors (Lipinski definition) is 1. The highest BCUT2D eigenvalue weighted by atomic mass is 19.4. The summed E-state index contributed by atoms with van der Waals surface area (Å²) < 4.78 is 53.3. The summed E-state index contributed by atoms with van der Waals surface area (Å²) in [6, 6.07) is 5.27. The zero-order valence-corrected chi connectivity index (χ0v) is 18.5. The molecule has 2 amide bonds. The predicted molar refractivity (Wildman–Crippen MR) is 116 cm³/mol. The molecule has 10 heteroatoms. The molecule has 0 aliphatic carbocycles. The molecule has 1 aromatic heterocycles. The number of anilines is 1. The third-order valence-electron chi connectivity index (χ3n) is 5.44. The number of halogens is 4. The van der Waals surface area contributed by atoms with Crippen LogP contribution in [0.5, 0.6) is 0 Å². The number of amides is 2. The number of nitrogens with one attached hydrogen (secondary N) is 1. The Bertz CT molecular complexity index is 985. The molecule has 0 radical (unpaired) electrons. The van der Waals surface area contributed by atoms with Gasteiger partial charge < -0.3 is 15.1 Å². The first-order valence-corrected chi connectivity index (χ1v) is 10.7. The lowest BCUT2D eigenvalue weighted by Gasteiger charge is -2.36. The van der Waals surface area contributed by atoms with E-state index in [4.69, 9.17) is 0 Å². The van der Waals surface area contributed by atoms with Crippen molar-refractivity contribution < 1.29 is 27.2 Å². The first kappa shape index (κ1) is 24.5. The largest absolute Gasteiger partial charge is 0.417 e. The monoisotopic (exact) mass is 466 g/mol. The van der Waals surface area contributed by atoms with Gasteiger partial charge in [0, 0.05) is 32.7 Å². The second-order valence-electron chi connectivity index (χ2n) is 8.31. The molecule has 1 aliphatic heterocycles. The van der Waals surface area contributed by atoms with Crippen molar-refractivity contribution in [2.75, 3.05) is 37.6 Å². The number of nitrogens with zero attached hydrogens (tertiary/aromatic N) is 3. The molecule has 0 atom stereocenters. The quantitative estimate of drug-likeness (QED) is 0.655. The van der Waals surface area contributed by atoms with Crippen molar-refractivity contribution in [1.82, 2.24) is 15.2 Å². The number of pyridine rings is 1. The van der Waals surface area contributed by atoms with Crippen LogP contribution in [0.3, 0.4) is 0 Å². The van der Waals surface area contributed by atoms with Crippen molar-refractivity contribution in [3.05, 3.63) is 59.2 Å². The zero-order chi connectivity index (χ0) is 24.2. The molecule has 33 heavy (non-hydrogen) atoms. The number of carbonyl (C=O) groups excluding carboxylic acids is 2. The molecule has 2 aromatic rings. The van der Waals surface area contributed by atoms with Gasteiger partial charge in [-0.3, -0.25) is 9.59 Å². The lowest BCUT2D eigenvalue weighted by Crippen LogP contribution is -2.49. The molecule has 1 aromatic carbocycles. The van der Waals surface area contributed by atoms with Crippen molar-refractivity contribution >= 4 is 17.5 Å². The molecule has 0 unspecified atom stereocenters. The normalized spacial score (nSPS) is 14.5. The van der Waals surface area contributed by atoms with Gasteiger partial charge >= 0.3 is 6.18 Å². The Kier molecular flexibility index (Phi) is 7.55. The molecule has 1 fully saturated rings. The van der Waals surface area contributed by atoms with Crippen LogP contribution in [-0.2, 0) is 6.18 Å². The summed E-state index contributed by atoms with van der Waals surface area (Å²) in [6.45, 7) is 5.78. The molecular weight excluding hydrogens is 440 g/mol. The molecule has 6 nitrogen and oxygen atoms in total. The highest BCUT2D eigenvalue weighted by molar-refractivity contribution is 5.96. The molecular formula is C23H26F4N4O2. The van der Waals surface area contributed by atoms with Crippen LogP contribution in [0.25, 0.3) is 0 Å². The predicted octanol–water partition coefficient (Wildman–Crippen LogP) is 3.98. The Morgan fingerprint density at radius 1 is 1.09 bits per heavy atom. The van der Waals surface area contributed by atoms with E-state index in [9.17, 15) is 27.2 Å². The maximum atomic E-state index is 13.6. The number of benzene rings is 1. The van der Waals surface area contributed by atoms with Crippen LogP contribution in [0.15, 0.2) is 36.5 Å². The number of rotatable bonds is 6. The molecule has 1 saturated heterocycles. The van der Waals surface area contributed by atoms with Gasteiger partial charge in [-0.05, 0) is 42.7 Å². The number of alkyl halides is 3. The Hall–Kier alpha value is -3.17. The van der Waals surface area contributed by atoms with E-state index < -0.39 is 29.0 Å². The smallest absolute Gasteiger partial charge is 0.367 e. The lowest BCUT2D eigenvalue weighted by molar-refractivity contribution is -0.138. The first-order chi connectivity index (χ1) is 15.6. The van der Waals surface area contributed by atoms with Gasteiger partial charge in [-0.2, -0.15) is 13.2 Å². The number of aromatic nitrogens is 1. The van der Waals surface area contributed by atoms with Crippen molar-refractivity contribution in [2.24, 2.45) is 5.92 Å². The highest BCUT2D eigenvalue weighted by Crippen LogP contribution is 2.33. The summed E-state index contributed by atoms with van der Waals surface area (Å²) in [6.07, 6.45) is -2.33. The van der Waals surface area contributed by atoms with Crippen LogP contribution in [0.4, 0.5) is 23.2 Å². The van der Waals surface area contributed by atoms with E-state index in [0.717, 1.165) is 12.1 Å². The van der Waals surface area contributed by atoms with Crippen LogP contribution in [0, 0.1) is 11.7 Å². The summed E-state index contributed by atoms with van der Waals surface area (Å²) in [5.74, 6) is -1.53. The van der Waals surface area contributed by atoms with E-state index in [1.165, 1.54) is 4.90 Å². The Morgan fingerprint density at radius 2 is 1.79 bits per heavy atom. The third kappa shape index (κ3) is 6.21. The van der Waals surface area contributed by atoms with Crippen molar-refractivity contribution in [2.45, 2.75) is 26.4 Å². The van der Waals surface area contributed by atoms with Gasteiger partial charge in [0.05, 0.1) is 23.0 Å². The van der Waals surface area contributed by atoms with Crippen LogP contribution in [0.1, 0.15) is 46.7 Å². The minimum Gasteiger partial charge on any atom is -0.367 e. The average molecular weight is 466 g/mol. The maximum absolute atomic E-state index is 13.6. The lowest BCUT2D eigenvalue weighted by atomic mass is 10.0. The number of hydrogen-bond acceptors (Lipinski definition) is 4. The van der Waals surface area contributed by atoms with E-state index in [0.29, 0.717) is 49.4 Å². The number of piperazine rings is 1. The Labute approximate surface area is 189 Å². The second-order valence-corrected chi connectivity index (χ2v) is 8.31. The molecule has 1 N–H and O–H groups in total. The molecule has 178 valence electrons. The minimum atomic E-state index is -4.75. The molecule has 1 aliphatic rings. The van der Waals surface area contributed by atoms with Crippen molar-refractivity contribution in [3.8, 4) is 0 Å². The van der Waals surface area contributed by atoms with Gasteiger partial charge in [-0.1, -0.05) is 13.8 Å². The van der Waals surface area contributed by atoms with Crippen LogP contribution < -0.4 is 10.2 Å². The van der Waals surface area contributed by atoms with Gasteiger partial charge in [0.25, 0.3) is 11.8 Å². The fraction of sp³-hybridized carbons (Fsp3) is 0.435. The van der Waals surface area contributed by atoms with Crippen LogP contribution in [0.2, 0.25) is 0 Å². The fourth-order valence-corrected chi connectivity index (χ4v) is 3.55. The summed E-state index contributed by atoms with van der Waals surface area (Å²) in [4.78, 5) is 32.3. The Morgan fingerprint density at radius 3 is 2.36 bits per heavy atom. The van der Waals surface area contributed by atoms with Crippen LogP contribution >= 0.6 is 0 Å². The maximum Gasteiger partial charge on any atom is 0.417 e. The van der Waals surface area contributed by atoms with Gasteiger partial charge in [0.15, 0.2) is 0 Å². The average Bonchev–Trinajstić information content (AvgIpc) is 2.77. The summed E-state index contributed by atoms with van der Waals surface area (Å²) in [7, 11) is 0. The summed E-state index contributed by atoms with van der Waals surface area (Å²) in [5.41, 5.74) is -0.807. The van der Waals surface area contributed by atoms with Gasteiger partial charge in [-0.25, -0.2) is 9.37 Å². The fourth-order valence-electron chi connectivity index (χ4n) is 3.55. The number of carbonyl (C=O) groups is 2. The van der Waals surface area contributed by atoms with E-state index in [1.807, 2.05) is 4.90 Å². The molecule has 0 saturated carbocycles. The summed E-state index contributed by atoms with van der Waals surface area (Å²) >= 11 is 0. The first-order valence-electron chi connectivity index (χ1n) is 10.7. The van der Waals surface area contributed by atoms with E-state index in [2.05, 4.69) is 24.1 Å². The van der Waals surface area contributed by atoms with Gasteiger partial charge in [-0.15, -0.1) is 0 Å². The minimum absolute atomic E-state index is 0.171. The van der Waals surface area contributed by atoms with Crippen molar-refractivity contribution in [1.29, 1.82) is 0 Å². The standard InChI is InChI=1S/C23H26F4N4O2/c1-15(2)7-8-28-21(32)20-6-4-17(14-29-20)30-9-11-31(12-10-30)22(33)18-13-16(24)3-5-19(18)23(25,26)27/h3-6,13-15H,7-12H2,1-2H3,(H,28,32). The molecule has 2 heterocycles. The second kappa shape index (κ2) is 10.2. The van der Waals surface area contributed by atoms with E-state index in [-0.39, 0.29) is 19.0 Å². The topological polar surface area (TPSA) is 65.5 Å². The van der Waals surface area contributed by atoms with Crippen molar-refractivity contribution in [3.63, 3.8) is 0 Å². The SMILES string of the molecule is CC(C)CCNC(=O)c1ccc(N2CCN(C(=O)c3cc(F)ccc3C(F)(F)F)CC2)cn1. The molecule has 3 rings (SSSR count). The van der Waals surface area contributed by atoms with Gasteiger partial charge in [0.1, 0.15) is 11.5 Å². The van der Waals surface area contributed by atoms with Gasteiger partial charge in [0.2, 0.25) is 0 Å². The molecule has 0 bridgehead atoms. The third-order valence-corrected chi connectivity index (χ3v) is 5.44. The van der Waals surface area contributed by atoms with Crippen LogP contribution in [-0.4, -0.2) is 54.4 Å². The van der Waals surface area contributed by atoms with E-state index in [1.54, 1.807) is 18.3 Å². The molecule has 0 spiro atoms. The summed E-state index contributed by atoms with van der Waals surface area (Å²) in [5, 5.41) is 2.82. The zero-order valence-electron chi connectivity index (χ0n) is 18.5. The van der Waals surface area contributed by atoms with E-state index >= 15 is 0 Å². The highest BCUT2D eigenvalue weighted by Gasteiger charge is 2.37.